The second-order valence-electron chi connectivity index (χ2n) is 6.44. The van der Waals surface area contributed by atoms with Gasteiger partial charge in [-0.25, -0.2) is 27.0 Å². The molecule has 3 aromatic rings. The van der Waals surface area contributed by atoms with E-state index < -0.39 is 20.0 Å². The highest BCUT2D eigenvalue weighted by atomic mass is 32.2. The van der Waals surface area contributed by atoms with Crippen LogP contribution in [0.4, 0.5) is 5.69 Å². The van der Waals surface area contributed by atoms with E-state index in [0.29, 0.717) is 12.1 Å². The molecule has 10 heteroatoms. The van der Waals surface area contributed by atoms with E-state index in [0.717, 1.165) is 27.9 Å². The van der Waals surface area contributed by atoms with Gasteiger partial charge in [-0.15, -0.1) is 11.3 Å². The van der Waals surface area contributed by atoms with Gasteiger partial charge < -0.3 is 0 Å². The zero-order valence-corrected chi connectivity index (χ0v) is 17.3. The molecular weight excluding hydrogens is 418 g/mol. The van der Waals surface area contributed by atoms with E-state index in [1.165, 1.54) is 22.5 Å². The van der Waals surface area contributed by atoms with Gasteiger partial charge in [0.25, 0.3) is 10.0 Å². The molecule has 2 heterocycles. The number of primary sulfonamides is 1. The Hall–Kier alpha value is -2.27. The molecule has 0 saturated carbocycles. The summed E-state index contributed by atoms with van der Waals surface area (Å²) in [7, 11) is -7.90. The third kappa shape index (κ3) is 3.32. The summed E-state index contributed by atoms with van der Waals surface area (Å²) in [6.07, 6.45) is 0.570. The average molecular weight is 436 g/mol. The first-order chi connectivity index (χ1) is 13.2. The Morgan fingerprint density at radius 1 is 1.07 bits per heavy atom. The van der Waals surface area contributed by atoms with Crippen LogP contribution in [-0.2, 0) is 26.5 Å². The van der Waals surface area contributed by atoms with Crippen molar-refractivity contribution in [3.63, 3.8) is 0 Å². The van der Waals surface area contributed by atoms with Crippen molar-refractivity contribution in [1.29, 1.82) is 0 Å². The lowest BCUT2D eigenvalue weighted by atomic mass is 10.1. The van der Waals surface area contributed by atoms with Crippen LogP contribution in [0.15, 0.2) is 57.6 Å². The first-order valence-electron chi connectivity index (χ1n) is 8.37. The maximum Gasteiger partial charge on any atom is 0.264 e. The number of thiazole rings is 1. The molecule has 0 saturated heterocycles. The van der Waals surface area contributed by atoms with Crippen molar-refractivity contribution < 1.29 is 16.8 Å². The molecule has 2 N–H and O–H groups in total. The molecule has 0 unspecified atom stereocenters. The molecule has 0 fully saturated rings. The molecule has 0 atom stereocenters. The lowest BCUT2D eigenvalue weighted by Crippen LogP contribution is -2.29. The number of benzene rings is 2. The lowest BCUT2D eigenvalue weighted by molar-refractivity contribution is 0.591. The molecule has 1 aromatic heterocycles. The first-order valence-corrected chi connectivity index (χ1v) is 12.2. The van der Waals surface area contributed by atoms with E-state index >= 15 is 0 Å². The predicted octanol–water partition coefficient (Wildman–Crippen LogP) is 2.52. The van der Waals surface area contributed by atoms with E-state index in [2.05, 4.69) is 4.98 Å². The van der Waals surface area contributed by atoms with Crippen LogP contribution in [0.25, 0.3) is 11.3 Å². The fourth-order valence-corrected chi connectivity index (χ4v) is 6.02. The lowest BCUT2D eigenvalue weighted by Gasteiger charge is -2.20. The minimum absolute atomic E-state index is 0.105. The Balaban J connectivity index is 1.73. The van der Waals surface area contributed by atoms with Crippen molar-refractivity contribution in [2.45, 2.75) is 23.1 Å². The molecule has 0 amide bonds. The highest BCUT2D eigenvalue weighted by molar-refractivity contribution is 7.93. The van der Waals surface area contributed by atoms with Gasteiger partial charge in [0, 0.05) is 17.5 Å². The first kappa shape index (κ1) is 19.1. The van der Waals surface area contributed by atoms with Crippen molar-refractivity contribution >= 4 is 37.1 Å². The second-order valence-corrected chi connectivity index (χ2v) is 10.9. The van der Waals surface area contributed by atoms with Crippen LogP contribution in [-0.4, -0.2) is 28.4 Å². The summed E-state index contributed by atoms with van der Waals surface area (Å²) in [5.74, 6) is 0. The highest BCUT2D eigenvalue weighted by Gasteiger charge is 2.31. The zero-order valence-electron chi connectivity index (χ0n) is 14.9. The van der Waals surface area contributed by atoms with Gasteiger partial charge in [0.15, 0.2) is 0 Å². The predicted molar refractivity (Wildman–Crippen MR) is 108 cm³/mol. The van der Waals surface area contributed by atoms with Crippen LogP contribution in [0.5, 0.6) is 0 Å². The Bertz CT molecular complexity index is 1280. The molecule has 1 aliphatic rings. The summed E-state index contributed by atoms with van der Waals surface area (Å²) in [5.41, 5.74) is 3.32. The Morgan fingerprint density at radius 2 is 1.82 bits per heavy atom. The fraction of sp³-hybridized carbons (Fsp3) is 0.167. The molecule has 1 aliphatic heterocycles. The number of hydrogen-bond acceptors (Lipinski definition) is 6. The fourth-order valence-electron chi connectivity index (χ4n) is 3.22. The van der Waals surface area contributed by atoms with E-state index in [4.69, 9.17) is 5.14 Å². The van der Waals surface area contributed by atoms with Crippen LogP contribution >= 0.6 is 11.3 Å². The summed E-state index contributed by atoms with van der Waals surface area (Å²) in [6, 6.07) is 10.7. The topological polar surface area (TPSA) is 110 Å². The quantitative estimate of drug-likeness (QED) is 0.677. The van der Waals surface area contributed by atoms with Gasteiger partial charge in [0.2, 0.25) is 10.0 Å². The molecule has 2 aromatic carbocycles. The van der Waals surface area contributed by atoms with Gasteiger partial charge in [-0.2, -0.15) is 0 Å². The van der Waals surface area contributed by atoms with Crippen LogP contribution in [0.3, 0.4) is 0 Å². The van der Waals surface area contributed by atoms with Gasteiger partial charge in [-0.3, -0.25) is 4.31 Å². The van der Waals surface area contributed by atoms with Crippen molar-refractivity contribution in [2.75, 3.05) is 10.8 Å². The van der Waals surface area contributed by atoms with Gasteiger partial charge >= 0.3 is 0 Å². The van der Waals surface area contributed by atoms with E-state index in [1.54, 1.807) is 17.4 Å². The minimum atomic E-state index is -3.99. The van der Waals surface area contributed by atoms with Gasteiger partial charge in [0.05, 0.1) is 26.2 Å². The summed E-state index contributed by atoms with van der Waals surface area (Å²) < 4.78 is 50.7. The standard InChI is InChI=1S/C18H17N3O4S3/c1-12-20-17(11-26-12)13-5-6-18-14(9-13)7-8-21(18)28(24,25)16-4-2-3-15(10-16)27(19,22)23/h2-6,9-11H,7-8H2,1H3,(H2,19,22,23). The number of hydrogen-bond donors (Lipinski definition) is 1. The maximum absolute atomic E-state index is 13.1. The van der Waals surface area contributed by atoms with E-state index in [9.17, 15) is 16.8 Å². The number of nitrogens with two attached hydrogens (primary N) is 1. The normalized spacial score (nSPS) is 14.3. The number of aromatic nitrogens is 1. The number of nitrogens with zero attached hydrogens (tertiary/aromatic N) is 2. The summed E-state index contributed by atoms with van der Waals surface area (Å²) in [5, 5.41) is 8.07. The minimum Gasteiger partial charge on any atom is -0.266 e. The smallest absolute Gasteiger partial charge is 0.264 e. The van der Waals surface area contributed by atoms with E-state index in [1.807, 2.05) is 24.4 Å². The zero-order chi connectivity index (χ0) is 20.1. The van der Waals surface area contributed by atoms with Crippen LogP contribution in [0, 0.1) is 6.92 Å². The summed E-state index contributed by atoms with van der Waals surface area (Å²) >= 11 is 1.56. The molecular formula is C18H17N3O4S3. The third-order valence-corrected chi connectivity index (χ3v) is 8.06. The number of aryl methyl sites for hydroxylation is 1. The molecule has 28 heavy (non-hydrogen) atoms. The number of sulfonamides is 2. The van der Waals surface area contributed by atoms with Crippen molar-refractivity contribution in [1.82, 2.24) is 4.98 Å². The molecule has 0 aliphatic carbocycles. The van der Waals surface area contributed by atoms with Crippen molar-refractivity contribution in [3.8, 4) is 11.3 Å². The maximum atomic E-state index is 13.1. The van der Waals surface area contributed by atoms with Crippen LogP contribution in [0.2, 0.25) is 0 Å². The Labute approximate surface area is 167 Å². The molecule has 4 rings (SSSR count). The Kier molecular flexibility index (Phi) is 4.53. The van der Waals surface area contributed by atoms with Gasteiger partial charge in [-0.05, 0) is 49.2 Å². The largest absolute Gasteiger partial charge is 0.266 e. The van der Waals surface area contributed by atoms with E-state index in [-0.39, 0.29) is 16.3 Å². The number of fused-ring (bicyclic) bond motifs is 1. The van der Waals surface area contributed by atoms with Crippen molar-refractivity contribution in [2.24, 2.45) is 5.14 Å². The van der Waals surface area contributed by atoms with Crippen LogP contribution < -0.4 is 9.44 Å². The molecule has 0 spiro atoms. The average Bonchev–Trinajstić information content (AvgIpc) is 3.27. The summed E-state index contributed by atoms with van der Waals surface area (Å²) in [6.45, 7) is 2.22. The van der Waals surface area contributed by atoms with Gasteiger partial charge in [0.1, 0.15) is 0 Å². The monoisotopic (exact) mass is 435 g/mol. The Morgan fingerprint density at radius 3 is 2.50 bits per heavy atom. The molecule has 146 valence electrons. The number of anilines is 1. The molecule has 7 nitrogen and oxygen atoms in total. The second kappa shape index (κ2) is 6.66. The number of rotatable bonds is 4. The van der Waals surface area contributed by atoms with Crippen molar-refractivity contribution in [3.05, 3.63) is 58.4 Å². The molecule has 0 radical (unpaired) electrons. The SMILES string of the molecule is Cc1nc(-c2ccc3c(c2)CCN3S(=O)(=O)c2cccc(S(N)(=O)=O)c2)cs1. The van der Waals surface area contributed by atoms with Gasteiger partial charge in [-0.1, -0.05) is 12.1 Å². The molecule has 0 bridgehead atoms. The van der Waals surface area contributed by atoms with Crippen LogP contribution in [0.1, 0.15) is 10.6 Å². The summed E-state index contributed by atoms with van der Waals surface area (Å²) in [4.78, 5) is 4.13. The third-order valence-electron chi connectivity index (χ3n) is 4.57. The highest BCUT2D eigenvalue weighted by Crippen LogP contribution is 2.36.